The molecule has 0 spiro atoms. The number of rotatable bonds is 7. The number of nitrogens with two attached hydrogens (primary N) is 1. The van der Waals surface area contributed by atoms with Crippen LogP contribution in [0.1, 0.15) is 25.7 Å². The summed E-state index contributed by atoms with van der Waals surface area (Å²) in [5.41, 5.74) is 6.34. The summed E-state index contributed by atoms with van der Waals surface area (Å²) in [6, 6.07) is 10.6. The molecule has 1 aromatic carbocycles. The summed E-state index contributed by atoms with van der Waals surface area (Å²) in [5, 5.41) is 3.55. The van der Waals surface area contributed by atoms with Crippen molar-refractivity contribution in [1.82, 2.24) is 5.32 Å². The van der Waals surface area contributed by atoms with Gasteiger partial charge in [0.05, 0.1) is 0 Å². The fourth-order valence-electron chi connectivity index (χ4n) is 2.96. The highest BCUT2D eigenvalue weighted by Gasteiger charge is 2.52. The fraction of sp³-hybridized carbons (Fsp3) is 0.562. The molecular weight excluding hydrogens is 250 g/mol. The third kappa shape index (κ3) is 2.66. The van der Waals surface area contributed by atoms with E-state index in [9.17, 15) is 4.79 Å². The van der Waals surface area contributed by atoms with E-state index in [0.29, 0.717) is 18.5 Å². The Labute approximate surface area is 120 Å². The van der Waals surface area contributed by atoms with Crippen LogP contribution in [-0.2, 0) is 4.79 Å². The fourth-order valence-corrected chi connectivity index (χ4v) is 2.96. The van der Waals surface area contributed by atoms with Gasteiger partial charge in [0.1, 0.15) is 5.54 Å². The molecule has 0 radical (unpaired) electrons. The maximum Gasteiger partial charge on any atom is 0.239 e. The summed E-state index contributed by atoms with van der Waals surface area (Å²) in [6.45, 7) is 0.646. The van der Waals surface area contributed by atoms with Crippen LogP contribution in [0.15, 0.2) is 30.3 Å². The minimum Gasteiger partial charge on any atom is -0.372 e. The SMILES string of the molecule is CN(CC(NC1CC1)(C(N)=O)C1CC1)c1ccccc1. The second-order valence-electron chi connectivity index (χ2n) is 6.22. The molecule has 1 atom stereocenters. The number of nitrogens with one attached hydrogen (secondary N) is 1. The minimum absolute atomic E-state index is 0.199. The van der Waals surface area contributed by atoms with Crippen LogP contribution in [-0.4, -0.2) is 31.1 Å². The Morgan fingerprint density at radius 2 is 1.95 bits per heavy atom. The smallest absolute Gasteiger partial charge is 0.239 e. The summed E-state index contributed by atoms with van der Waals surface area (Å²) in [7, 11) is 2.03. The number of carbonyl (C=O) groups excluding carboxylic acids is 1. The van der Waals surface area contributed by atoms with Crippen molar-refractivity contribution in [1.29, 1.82) is 0 Å². The van der Waals surface area contributed by atoms with E-state index in [0.717, 1.165) is 31.4 Å². The van der Waals surface area contributed by atoms with Crippen molar-refractivity contribution in [3.05, 3.63) is 30.3 Å². The van der Waals surface area contributed by atoms with Gasteiger partial charge >= 0.3 is 0 Å². The van der Waals surface area contributed by atoms with Crippen molar-refractivity contribution in [3.63, 3.8) is 0 Å². The first-order chi connectivity index (χ1) is 9.62. The van der Waals surface area contributed by atoms with E-state index in [1.807, 2.05) is 25.2 Å². The molecule has 2 fully saturated rings. The Balaban J connectivity index is 1.80. The van der Waals surface area contributed by atoms with Crippen molar-refractivity contribution >= 4 is 11.6 Å². The van der Waals surface area contributed by atoms with Gasteiger partial charge in [-0.25, -0.2) is 0 Å². The van der Waals surface area contributed by atoms with E-state index < -0.39 is 5.54 Å². The maximum atomic E-state index is 12.2. The first-order valence-corrected chi connectivity index (χ1v) is 7.45. The van der Waals surface area contributed by atoms with Crippen molar-refractivity contribution in [2.24, 2.45) is 11.7 Å². The molecule has 20 heavy (non-hydrogen) atoms. The van der Waals surface area contributed by atoms with Gasteiger partial charge in [-0.3, -0.25) is 10.1 Å². The average molecular weight is 273 g/mol. The molecule has 1 aromatic rings. The Hall–Kier alpha value is -1.55. The molecule has 108 valence electrons. The second kappa shape index (κ2) is 5.09. The third-order valence-corrected chi connectivity index (χ3v) is 4.44. The molecule has 4 heteroatoms. The molecule has 1 amide bonds. The molecule has 0 aromatic heterocycles. The van der Waals surface area contributed by atoms with Gasteiger partial charge in [0.25, 0.3) is 0 Å². The lowest BCUT2D eigenvalue weighted by Gasteiger charge is -2.37. The van der Waals surface area contributed by atoms with Gasteiger partial charge in [-0.05, 0) is 43.7 Å². The summed E-state index contributed by atoms with van der Waals surface area (Å²) in [4.78, 5) is 14.3. The molecule has 0 aliphatic heterocycles. The van der Waals surface area contributed by atoms with Crippen LogP contribution in [0.3, 0.4) is 0 Å². The first kappa shape index (κ1) is 13.4. The van der Waals surface area contributed by atoms with Gasteiger partial charge in [0, 0.05) is 25.3 Å². The topological polar surface area (TPSA) is 58.4 Å². The molecule has 2 saturated carbocycles. The second-order valence-corrected chi connectivity index (χ2v) is 6.22. The number of primary amides is 1. The molecule has 0 heterocycles. The summed E-state index contributed by atoms with van der Waals surface area (Å²) >= 11 is 0. The highest BCUT2D eigenvalue weighted by molar-refractivity contribution is 5.86. The summed E-state index contributed by atoms with van der Waals surface area (Å²) in [6.07, 6.45) is 4.53. The number of likely N-dealkylation sites (N-methyl/N-ethyl adjacent to an activating group) is 1. The monoisotopic (exact) mass is 273 g/mol. The Kier molecular flexibility index (Phi) is 3.42. The maximum absolute atomic E-state index is 12.2. The quantitative estimate of drug-likeness (QED) is 0.791. The number of carbonyl (C=O) groups is 1. The molecule has 4 nitrogen and oxygen atoms in total. The Morgan fingerprint density at radius 1 is 1.30 bits per heavy atom. The van der Waals surface area contributed by atoms with Gasteiger partial charge < -0.3 is 10.6 Å². The number of anilines is 1. The van der Waals surface area contributed by atoms with Gasteiger partial charge in [-0.2, -0.15) is 0 Å². The molecule has 0 saturated heterocycles. The zero-order valence-electron chi connectivity index (χ0n) is 12.0. The van der Waals surface area contributed by atoms with Gasteiger partial charge in [0.2, 0.25) is 5.91 Å². The van der Waals surface area contributed by atoms with E-state index in [4.69, 9.17) is 5.73 Å². The van der Waals surface area contributed by atoms with Crippen molar-refractivity contribution in [3.8, 4) is 0 Å². The van der Waals surface area contributed by atoms with Crippen LogP contribution in [0, 0.1) is 5.92 Å². The molecule has 2 aliphatic rings. The molecule has 3 N–H and O–H groups in total. The summed E-state index contributed by atoms with van der Waals surface area (Å²) in [5.74, 6) is 0.196. The van der Waals surface area contributed by atoms with E-state index >= 15 is 0 Å². The first-order valence-electron chi connectivity index (χ1n) is 7.45. The minimum atomic E-state index is -0.564. The molecule has 1 unspecified atom stereocenters. The standard InChI is InChI=1S/C16H23N3O/c1-19(14-5-3-2-4-6-14)11-16(15(17)20,12-7-8-12)18-13-9-10-13/h2-6,12-13,18H,7-11H2,1H3,(H2,17,20). The number of benzene rings is 1. The van der Waals surface area contributed by atoms with Crippen LogP contribution >= 0.6 is 0 Å². The zero-order valence-corrected chi connectivity index (χ0v) is 12.0. The van der Waals surface area contributed by atoms with E-state index in [1.165, 1.54) is 0 Å². The van der Waals surface area contributed by atoms with Crippen molar-refractivity contribution in [2.45, 2.75) is 37.3 Å². The van der Waals surface area contributed by atoms with Crippen LogP contribution < -0.4 is 16.0 Å². The highest BCUT2D eigenvalue weighted by Crippen LogP contribution is 2.42. The van der Waals surface area contributed by atoms with Crippen LogP contribution in [0.2, 0.25) is 0 Å². The van der Waals surface area contributed by atoms with E-state index in [1.54, 1.807) is 0 Å². The van der Waals surface area contributed by atoms with Crippen molar-refractivity contribution < 1.29 is 4.79 Å². The van der Waals surface area contributed by atoms with E-state index in [-0.39, 0.29) is 5.91 Å². The Morgan fingerprint density at radius 3 is 2.45 bits per heavy atom. The lowest BCUT2D eigenvalue weighted by Crippen LogP contribution is -2.63. The predicted octanol–water partition coefficient (Wildman–Crippen LogP) is 1.51. The Bertz CT molecular complexity index is 482. The lowest BCUT2D eigenvalue weighted by atomic mass is 9.91. The number of hydrogen-bond acceptors (Lipinski definition) is 3. The van der Waals surface area contributed by atoms with Crippen LogP contribution in [0.4, 0.5) is 5.69 Å². The lowest BCUT2D eigenvalue weighted by molar-refractivity contribution is -0.125. The van der Waals surface area contributed by atoms with Crippen LogP contribution in [0.5, 0.6) is 0 Å². The average Bonchev–Trinajstić information content (AvgIpc) is 3.31. The number of amides is 1. The highest BCUT2D eigenvalue weighted by atomic mass is 16.1. The normalized spacial score (nSPS) is 21.2. The number of nitrogens with zero attached hydrogens (tertiary/aromatic N) is 1. The number of hydrogen-bond donors (Lipinski definition) is 2. The summed E-state index contributed by atoms with van der Waals surface area (Å²) < 4.78 is 0. The molecule has 2 aliphatic carbocycles. The van der Waals surface area contributed by atoms with Gasteiger partial charge in [-0.1, -0.05) is 18.2 Å². The molecular formula is C16H23N3O. The van der Waals surface area contributed by atoms with E-state index in [2.05, 4.69) is 22.3 Å². The molecule has 3 rings (SSSR count). The van der Waals surface area contributed by atoms with Gasteiger partial charge in [-0.15, -0.1) is 0 Å². The largest absolute Gasteiger partial charge is 0.372 e. The predicted molar refractivity (Wildman–Crippen MR) is 80.5 cm³/mol. The van der Waals surface area contributed by atoms with Crippen molar-refractivity contribution in [2.75, 3.05) is 18.5 Å². The van der Waals surface area contributed by atoms with Crippen LogP contribution in [0.25, 0.3) is 0 Å². The van der Waals surface area contributed by atoms with Gasteiger partial charge in [0.15, 0.2) is 0 Å². The zero-order chi connectivity index (χ0) is 14.2. The molecule has 0 bridgehead atoms. The third-order valence-electron chi connectivity index (χ3n) is 4.44. The number of para-hydroxylation sites is 1.